The lowest BCUT2D eigenvalue weighted by Crippen LogP contribution is -2.38. The van der Waals surface area contributed by atoms with E-state index in [9.17, 15) is 4.79 Å². The fraction of sp³-hybridized carbons (Fsp3) is 0.333. The van der Waals surface area contributed by atoms with Crippen LogP contribution in [-0.4, -0.2) is 17.4 Å². The molecule has 76 valence electrons. The van der Waals surface area contributed by atoms with Gasteiger partial charge in [-0.1, -0.05) is 24.3 Å². The molecule has 0 bridgehead atoms. The number of rotatable bonds is 1. The molecule has 0 aliphatic carbocycles. The molecule has 2 rings (SSSR count). The first kappa shape index (κ1) is 9.72. The third kappa shape index (κ3) is 1.48. The number of amides is 1. The van der Waals surface area contributed by atoms with E-state index in [1.165, 1.54) is 0 Å². The van der Waals surface area contributed by atoms with Gasteiger partial charge in [-0.05, 0) is 18.1 Å². The van der Waals surface area contributed by atoms with Gasteiger partial charge in [0.1, 0.15) is 0 Å². The summed E-state index contributed by atoms with van der Waals surface area (Å²) in [6, 6.07) is 9.75. The van der Waals surface area contributed by atoms with Crippen LogP contribution in [0.5, 0.6) is 0 Å². The van der Waals surface area contributed by atoms with E-state index in [1.54, 1.807) is 4.90 Å². The first-order chi connectivity index (χ1) is 7.27. The van der Waals surface area contributed by atoms with Crippen LogP contribution in [-0.2, 0) is 11.3 Å². The molecule has 1 amide bonds. The molecule has 0 N–H and O–H groups in total. The molecule has 0 aromatic heterocycles. The van der Waals surface area contributed by atoms with Crippen molar-refractivity contribution in [1.82, 2.24) is 4.90 Å². The van der Waals surface area contributed by atoms with Gasteiger partial charge in [-0.3, -0.25) is 4.79 Å². The first-order valence-electron chi connectivity index (χ1n) is 5.04. The second-order valence-corrected chi connectivity index (χ2v) is 3.61. The maximum atomic E-state index is 11.9. The van der Waals surface area contributed by atoms with Crippen LogP contribution in [0.3, 0.4) is 0 Å². The van der Waals surface area contributed by atoms with Gasteiger partial charge in [0.05, 0.1) is 6.07 Å². The zero-order valence-electron chi connectivity index (χ0n) is 8.60. The Kier molecular flexibility index (Phi) is 2.42. The Balaban J connectivity index is 2.49. The van der Waals surface area contributed by atoms with E-state index >= 15 is 0 Å². The van der Waals surface area contributed by atoms with Crippen LogP contribution in [0, 0.1) is 11.3 Å². The summed E-state index contributed by atoms with van der Waals surface area (Å²) in [7, 11) is 0. The highest BCUT2D eigenvalue weighted by atomic mass is 16.2. The molecule has 3 heteroatoms. The summed E-state index contributed by atoms with van der Waals surface area (Å²) >= 11 is 0. The summed E-state index contributed by atoms with van der Waals surface area (Å²) in [5, 5.41) is 9.02. The van der Waals surface area contributed by atoms with Gasteiger partial charge in [0, 0.05) is 13.1 Å². The second-order valence-electron chi connectivity index (χ2n) is 3.61. The normalized spacial score (nSPS) is 19.6. The molecular weight excluding hydrogens is 188 g/mol. The largest absolute Gasteiger partial charge is 0.337 e. The molecule has 0 radical (unpaired) electrons. The first-order valence-corrected chi connectivity index (χ1v) is 5.04. The average Bonchev–Trinajstić information content (AvgIpc) is 2.28. The van der Waals surface area contributed by atoms with Crippen LogP contribution in [0.25, 0.3) is 0 Å². The summed E-state index contributed by atoms with van der Waals surface area (Å²) in [4.78, 5) is 13.6. The molecule has 1 aliphatic heterocycles. The van der Waals surface area contributed by atoms with Gasteiger partial charge < -0.3 is 4.90 Å². The molecule has 3 nitrogen and oxygen atoms in total. The monoisotopic (exact) mass is 200 g/mol. The molecule has 1 aromatic rings. The smallest absolute Gasteiger partial charge is 0.244 e. The number of hydrogen-bond acceptors (Lipinski definition) is 2. The Labute approximate surface area is 88.9 Å². The van der Waals surface area contributed by atoms with Crippen LogP contribution < -0.4 is 0 Å². The van der Waals surface area contributed by atoms with E-state index in [1.807, 2.05) is 31.2 Å². The highest BCUT2D eigenvalue weighted by Gasteiger charge is 2.31. The number of carbonyl (C=O) groups is 1. The van der Waals surface area contributed by atoms with Crippen molar-refractivity contribution >= 4 is 5.91 Å². The molecular formula is C12H12N2O. The summed E-state index contributed by atoms with van der Waals surface area (Å²) in [6.07, 6.45) is 0. The van der Waals surface area contributed by atoms with Gasteiger partial charge in [-0.25, -0.2) is 0 Å². The molecule has 0 fully saturated rings. The quantitative estimate of drug-likeness (QED) is 0.692. The van der Waals surface area contributed by atoms with Crippen LogP contribution >= 0.6 is 0 Å². The van der Waals surface area contributed by atoms with Crippen LogP contribution in [0.2, 0.25) is 0 Å². The Morgan fingerprint density at radius 2 is 2.27 bits per heavy atom. The Hall–Kier alpha value is -1.82. The maximum Gasteiger partial charge on any atom is 0.244 e. The van der Waals surface area contributed by atoms with Gasteiger partial charge >= 0.3 is 0 Å². The average molecular weight is 200 g/mol. The summed E-state index contributed by atoms with van der Waals surface area (Å²) in [5.74, 6) is -0.686. The van der Waals surface area contributed by atoms with Crippen molar-refractivity contribution < 1.29 is 4.79 Å². The van der Waals surface area contributed by atoms with Gasteiger partial charge in [-0.15, -0.1) is 0 Å². The SMILES string of the molecule is CCN1Cc2ccccc2C(C#N)C1=O. The molecule has 0 saturated heterocycles. The minimum Gasteiger partial charge on any atom is -0.337 e. The van der Waals surface area contributed by atoms with Crippen LogP contribution in [0.15, 0.2) is 24.3 Å². The number of likely N-dealkylation sites (N-methyl/N-ethyl adjacent to an activating group) is 1. The van der Waals surface area contributed by atoms with E-state index in [2.05, 4.69) is 6.07 Å². The van der Waals surface area contributed by atoms with Crippen molar-refractivity contribution in [3.05, 3.63) is 35.4 Å². The standard InChI is InChI=1S/C12H12N2O/c1-2-14-8-9-5-3-4-6-10(9)11(7-13)12(14)15/h3-6,11H,2,8H2,1H3. The number of hydrogen-bond donors (Lipinski definition) is 0. The van der Waals surface area contributed by atoms with Crippen molar-refractivity contribution in [3.8, 4) is 6.07 Å². The lowest BCUT2D eigenvalue weighted by atomic mass is 9.90. The van der Waals surface area contributed by atoms with Crippen molar-refractivity contribution in [1.29, 1.82) is 5.26 Å². The van der Waals surface area contributed by atoms with Crippen molar-refractivity contribution in [2.75, 3.05) is 6.54 Å². The van der Waals surface area contributed by atoms with Gasteiger partial charge in [-0.2, -0.15) is 5.26 Å². The number of nitriles is 1. The Morgan fingerprint density at radius 1 is 1.53 bits per heavy atom. The number of benzene rings is 1. The molecule has 0 spiro atoms. The number of nitrogens with zero attached hydrogens (tertiary/aromatic N) is 2. The van der Waals surface area contributed by atoms with E-state index in [0.29, 0.717) is 13.1 Å². The predicted octanol–water partition coefficient (Wildman–Crippen LogP) is 1.66. The topological polar surface area (TPSA) is 44.1 Å². The van der Waals surface area contributed by atoms with E-state index in [-0.39, 0.29) is 5.91 Å². The zero-order chi connectivity index (χ0) is 10.8. The van der Waals surface area contributed by atoms with E-state index < -0.39 is 5.92 Å². The van der Waals surface area contributed by atoms with Crippen molar-refractivity contribution in [2.45, 2.75) is 19.4 Å². The van der Waals surface area contributed by atoms with Gasteiger partial charge in [0.25, 0.3) is 0 Å². The summed E-state index contributed by atoms with van der Waals surface area (Å²) in [5.41, 5.74) is 1.96. The fourth-order valence-electron chi connectivity index (χ4n) is 1.95. The van der Waals surface area contributed by atoms with Gasteiger partial charge in [0.2, 0.25) is 5.91 Å². The third-order valence-electron chi connectivity index (χ3n) is 2.80. The molecule has 15 heavy (non-hydrogen) atoms. The predicted molar refractivity (Wildman–Crippen MR) is 55.9 cm³/mol. The van der Waals surface area contributed by atoms with Gasteiger partial charge in [0.15, 0.2) is 5.92 Å². The lowest BCUT2D eigenvalue weighted by Gasteiger charge is -2.30. The minimum atomic E-state index is -0.616. The highest BCUT2D eigenvalue weighted by molar-refractivity contribution is 5.88. The van der Waals surface area contributed by atoms with Crippen molar-refractivity contribution in [2.24, 2.45) is 0 Å². The summed E-state index contributed by atoms with van der Waals surface area (Å²) < 4.78 is 0. The second kappa shape index (κ2) is 3.74. The van der Waals surface area contributed by atoms with E-state index in [4.69, 9.17) is 5.26 Å². The molecule has 1 unspecified atom stereocenters. The Bertz CT molecular complexity index is 433. The molecule has 1 aliphatic rings. The molecule has 1 heterocycles. The Morgan fingerprint density at radius 3 is 2.93 bits per heavy atom. The number of carbonyl (C=O) groups excluding carboxylic acids is 1. The van der Waals surface area contributed by atoms with Crippen molar-refractivity contribution in [3.63, 3.8) is 0 Å². The van der Waals surface area contributed by atoms with Crippen LogP contribution in [0.1, 0.15) is 24.0 Å². The van der Waals surface area contributed by atoms with E-state index in [0.717, 1.165) is 11.1 Å². The zero-order valence-corrected chi connectivity index (χ0v) is 8.60. The molecule has 1 aromatic carbocycles. The van der Waals surface area contributed by atoms with Crippen LogP contribution in [0.4, 0.5) is 0 Å². The molecule has 0 saturated carbocycles. The third-order valence-corrected chi connectivity index (χ3v) is 2.80. The number of fused-ring (bicyclic) bond motifs is 1. The minimum absolute atomic E-state index is 0.0706. The highest BCUT2D eigenvalue weighted by Crippen LogP contribution is 2.28. The lowest BCUT2D eigenvalue weighted by molar-refractivity contribution is -0.132. The maximum absolute atomic E-state index is 11.9. The molecule has 1 atom stereocenters. The summed E-state index contributed by atoms with van der Waals surface area (Å²) in [6.45, 7) is 3.22. The fourth-order valence-corrected chi connectivity index (χ4v) is 1.95.